The summed E-state index contributed by atoms with van der Waals surface area (Å²) in [6.07, 6.45) is 2.69. The Hall–Kier alpha value is -4.02. The number of nitrogens with zero attached hydrogens (tertiary/aromatic N) is 5. The van der Waals surface area contributed by atoms with Crippen molar-refractivity contribution in [2.24, 2.45) is 0 Å². The SMILES string of the molecule is CC(OC(=O)c1ccc(N2NC(=O)CCC2=O)cc1)C(=O)N1CCN(c2ncccn2)CC1. The highest BCUT2D eigenvalue weighted by molar-refractivity contribution is 6.01. The number of esters is 1. The summed E-state index contributed by atoms with van der Waals surface area (Å²) in [6.45, 7) is 3.67. The minimum Gasteiger partial charge on any atom is -0.449 e. The van der Waals surface area contributed by atoms with Gasteiger partial charge in [-0.1, -0.05) is 0 Å². The van der Waals surface area contributed by atoms with E-state index in [-0.39, 0.29) is 36.1 Å². The molecule has 3 amide bonds. The van der Waals surface area contributed by atoms with E-state index in [0.29, 0.717) is 37.8 Å². The van der Waals surface area contributed by atoms with Crippen molar-refractivity contribution in [3.63, 3.8) is 0 Å². The molecule has 1 N–H and O–H groups in total. The fraction of sp³-hybridized carbons (Fsp3) is 0.364. The van der Waals surface area contributed by atoms with Crippen molar-refractivity contribution in [2.75, 3.05) is 36.1 Å². The highest BCUT2D eigenvalue weighted by Crippen LogP contribution is 2.19. The lowest BCUT2D eigenvalue weighted by Gasteiger charge is -2.35. The minimum absolute atomic E-state index is 0.127. The maximum absolute atomic E-state index is 12.8. The Morgan fingerprint density at radius 2 is 1.67 bits per heavy atom. The van der Waals surface area contributed by atoms with Crippen LogP contribution in [0, 0.1) is 0 Å². The number of aromatic nitrogens is 2. The number of hydrogen-bond acceptors (Lipinski definition) is 8. The molecule has 4 rings (SSSR count). The second kappa shape index (κ2) is 9.63. The first-order valence-electron chi connectivity index (χ1n) is 10.7. The zero-order valence-electron chi connectivity index (χ0n) is 18.1. The Morgan fingerprint density at radius 1 is 1.00 bits per heavy atom. The quantitative estimate of drug-likeness (QED) is 0.652. The molecule has 11 heteroatoms. The number of carbonyl (C=O) groups excluding carboxylic acids is 4. The molecule has 0 spiro atoms. The molecule has 0 saturated carbocycles. The zero-order valence-corrected chi connectivity index (χ0v) is 18.1. The van der Waals surface area contributed by atoms with E-state index < -0.39 is 12.1 Å². The minimum atomic E-state index is -0.945. The van der Waals surface area contributed by atoms with Crippen LogP contribution in [0.2, 0.25) is 0 Å². The molecule has 3 heterocycles. The molecule has 0 bridgehead atoms. The summed E-state index contributed by atoms with van der Waals surface area (Å²) >= 11 is 0. The second-order valence-corrected chi connectivity index (χ2v) is 7.72. The van der Waals surface area contributed by atoms with Crippen LogP contribution in [0.25, 0.3) is 0 Å². The van der Waals surface area contributed by atoms with Gasteiger partial charge in [-0.15, -0.1) is 0 Å². The lowest BCUT2D eigenvalue weighted by Crippen LogP contribution is -2.52. The maximum atomic E-state index is 12.8. The van der Waals surface area contributed by atoms with Gasteiger partial charge in [0.2, 0.25) is 17.8 Å². The monoisotopic (exact) mass is 452 g/mol. The van der Waals surface area contributed by atoms with Crippen LogP contribution in [0.1, 0.15) is 30.1 Å². The third kappa shape index (κ3) is 5.08. The molecule has 2 aromatic rings. The van der Waals surface area contributed by atoms with Crippen LogP contribution in [0.5, 0.6) is 0 Å². The normalized spacial score (nSPS) is 17.4. The van der Waals surface area contributed by atoms with Gasteiger partial charge in [-0.2, -0.15) is 0 Å². The van der Waals surface area contributed by atoms with Gasteiger partial charge >= 0.3 is 5.97 Å². The number of carbonyl (C=O) groups is 4. The van der Waals surface area contributed by atoms with Crippen LogP contribution in [0.4, 0.5) is 11.6 Å². The molecule has 0 radical (unpaired) electrons. The Balaban J connectivity index is 1.30. The molecule has 33 heavy (non-hydrogen) atoms. The smallest absolute Gasteiger partial charge is 0.338 e. The van der Waals surface area contributed by atoms with Crippen LogP contribution in [-0.2, 0) is 19.1 Å². The predicted molar refractivity (Wildman–Crippen MR) is 117 cm³/mol. The number of benzene rings is 1. The van der Waals surface area contributed by atoms with Crippen molar-refractivity contribution in [2.45, 2.75) is 25.9 Å². The van der Waals surface area contributed by atoms with E-state index in [0.717, 1.165) is 5.01 Å². The van der Waals surface area contributed by atoms with Crippen LogP contribution in [-0.4, -0.2) is 70.8 Å². The van der Waals surface area contributed by atoms with Gasteiger partial charge in [0.05, 0.1) is 11.3 Å². The Morgan fingerprint density at radius 3 is 2.33 bits per heavy atom. The highest BCUT2D eigenvalue weighted by atomic mass is 16.5. The summed E-state index contributed by atoms with van der Waals surface area (Å²) in [7, 11) is 0. The van der Waals surface area contributed by atoms with Crippen LogP contribution < -0.4 is 15.3 Å². The van der Waals surface area contributed by atoms with Crippen LogP contribution >= 0.6 is 0 Å². The maximum Gasteiger partial charge on any atom is 0.338 e. The Kier molecular flexibility index (Phi) is 6.48. The summed E-state index contributed by atoms with van der Waals surface area (Å²) in [5.74, 6) is -0.771. The van der Waals surface area contributed by atoms with E-state index in [1.54, 1.807) is 30.3 Å². The number of hydrazine groups is 1. The molecular weight excluding hydrogens is 428 g/mol. The molecule has 1 atom stereocenters. The summed E-state index contributed by atoms with van der Waals surface area (Å²) in [4.78, 5) is 60.9. The molecule has 1 aromatic carbocycles. The fourth-order valence-electron chi connectivity index (χ4n) is 3.65. The first-order valence-corrected chi connectivity index (χ1v) is 10.7. The molecule has 0 aliphatic carbocycles. The molecule has 2 aliphatic rings. The van der Waals surface area contributed by atoms with Gasteiger partial charge in [-0.05, 0) is 37.3 Å². The van der Waals surface area contributed by atoms with Crippen molar-refractivity contribution < 1.29 is 23.9 Å². The van der Waals surface area contributed by atoms with Gasteiger partial charge in [-0.3, -0.25) is 19.8 Å². The second-order valence-electron chi connectivity index (χ2n) is 7.72. The molecule has 172 valence electrons. The number of hydrogen-bond donors (Lipinski definition) is 1. The number of piperazine rings is 1. The summed E-state index contributed by atoms with van der Waals surface area (Å²) in [5, 5.41) is 1.16. The van der Waals surface area contributed by atoms with Gasteiger partial charge in [0.25, 0.3) is 5.91 Å². The average Bonchev–Trinajstić information content (AvgIpc) is 2.85. The van der Waals surface area contributed by atoms with Crippen molar-refractivity contribution in [1.29, 1.82) is 0 Å². The average molecular weight is 452 g/mol. The highest BCUT2D eigenvalue weighted by Gasteiger charge is 2.29. The van der Waals surface area contributed by atoms with Crippen molar-refractivity contribution in [1.82, 2.24) is 20.3 Å². The third-order valence-electron chi connectivity index (χ3n) is 5.47. The van der Waals surface area contributed by atoms with E-state index in [2.05, 4.69) is 15.4 Å². The van der Waals surface area contributed by atoms with Gasteiger partial charge in [0.1, 0.15) is 0 Å². The van der Waals surface area contributed by atoms with Crippen LogP contribution in [0.3, 0.4) is 0 Å². The molecule has 1 aromatic heterocycles. The first kappa shape index (κ1) is 22.2. The van der Waals surface area contributed by atoms with Gasteiger partial charge < -0.3 is 14.5 Å². The molecule has 2 aliphatic heterocycles. The van der Waals surface area contributed by atoms with E-state index in [4.69, 9.17) is 4.74 Å². The number of nitrogens with one attached hydrogen (secondary N) is 1. The van der Waals surface area contributed by atoms with Crippen LogP contribution in [0.15, 0.2) is 42.7 Å². The van der Waals surface area contributed by atoms with Crippen molar-refractivity contribution >= 4 is 35.3 Å². The standard InChI is InChI=1S/C22H24N6O5/c1-15(20(31)26-11-13-27(14-12-26)22-23-9-2-10-24-22)33-21(32)16-3-5-17(6-4-16)28-19(30)8-7-18(29)25-28/h2-6,9-10,15H,7-8,11-14H2,1H3,(H,25,29). The van der Waals surface area contributed by atoms with Gasteiger partial charge in [0, 0.05) is 51.4 Å². The first-order chi connectivity index (χ1) is 15.9. The third-order valence-corrected chi connectivity index (χ3v) is 5.47. The predicted octanol–water partition coefficient (Wildman–Crippen LogP) is 0.529. The van der Waals surface area contributed by atoms with E-state index in [1.807, 2.05) is 4.90 Å². The van der Waals surface area contributed by atoms with Gasteiger partial charge in [-0.25, -0.2) is 19.8 Å². The molecule has 2 saturated heterocycles. The number of rotatable bonds is 5. The molecular formula is C22H24N6O5. The summed E-state index contributed by atoms with van der Waals surface area (Å²) in [6, 6.07) is 7.80. The van der Waals surface area contributed by atoms with E-state index in [1.165, 1.54) is 24.3 Å². The topological polar surface area (TPSA) is 125 Å². The lowest BCUT2D eigenvalue weighted by atomic mass is 10.1. The molecule has 11 nitrogen and oxygen atoms in total. The molecule has 1 unspecified atom stereocenters. The zero-order chi connectivity index (χ0) is 23.4. The Labute approximate surface area is 190 Å². The summed E-state index contributed by atoms with van der Waals surface area (Å²) in [5.41, 5.74) is 3.17. The number of anilines is 2. The van der Waals surface area contributed by atoms with E-state index in [9.17, 15) is 19.2 Å². The number of amides is 3. The fourth-order valence-corrected chi connectivity index (χ4v) is 3.65. The summed E-state index contributed by atoms with van der Waals surface area (Å²) < 4.78 is 5.37. The van der Waals surface area contributed by atoms with Crippen molar-refractivity contribution in [3.8, 4) is 0 Å². The molecule has 2 fully saturated rings. The van der Waals surface area contributed by atoms with Gasteiger partial charge in [0.15, 0.2) is 6.10 Å². The number of ether oxygens (including phenoxy) is 1. The largest absolute Gasteiger partial charge is 0.449 e. The Bertz CT molecular complexity index is 1040. The lowest BCUT2D eigenvalue weighted by molar-refractivity contribution is -0.140. The van der Waals surface area contributed by atoms with E-state index >= 15 is 0 Å². The van der Waals surface area contributed by atoms with Crippen molar-refractivity contribution in [3.05, 3.63) is 48.3 Å².